The molecular weight excluding hydrogens is 532 g/mol. The minimum Gasteiger partial charge on any atom is -0.497 e. The second-order valence-electron chi connectivity index (χ2n) is 11.8. The highest BCUT2D eigenvalue weighted by Crippen LogP contribution is 2.37. The van der Waals surface area contributed by atoms with Crippen LogP contribution in [0.15, 0.2) is 97.1 Å². The van der Waals surface area contributed by atoms with E-state index in [0.717, 1.165) is 11.3 Å². The van der Waals surface area contributed by atoms with E-state index in [0.29, 0.717) is 26.1 Å². The van der Waals surface area contributed by atoms with Crippen molar-refractivity contribution in [1.29, 1.82) is 0 Å². The smallest absolute Gasteiger partial charge is 0.261 e. The third-order valence-corrected chi connectivity index (χ3v) is 13.1. The molecule has 2 aliphatic rings. The number of aliphatic hydroxyl groups excluding tert-OH is 1. The molecule has 2 aliphatic heterocycles. The van der Waals surface area contributed by atoms with Gasteiger partial charge in [-0.15, -0.1) is 0 Å². The fourth-order valence-corrected chi connectivity index (χ4v) is 10.5. The summed E-state index contributed by atoms with van der Waals surface area (Å²) in [6, 6.07) is 28.9. The molecule has 1 N–H and O–H groups in total. The van der Waals surface area contributed by atoms with Crippen LogP contribution in [0, 0.1) is 0 Å². The van der Waals surface area contributed by atoms with E-state index in [1.165, 1.54) is 10.4 Å². The summed E-state index contributed by atoms with van der Waals surface area (Å²) in [7, 11) is -1.03. The van der Waals surface area contributed by atoms with Crippen LogP contribution in [0.5, 0.6) is 5.75 Å². The van der Waals surface area contributed by atoms with Crippen LogP contribution in [0.25, 0.3) is 0 Å². The molecule has 0 unspecified atom stereocenters. The standard InChI is InChI=1S/C34H42O6Si/c1-34(2,3)41(27-12-7-5-8-13-27,28-14-9-6-10-15-28)38-23-22-30-29(35)16-11-17-31-32(39-30)24-37-33(40-31)25-18-20-26(36-4)21-19-25/h5-15,17-21,29-33,35H,16,22-24H2,1-4H3/b17-11-/t29-,30+,31+,32-,33-/m1/s1. The summed E-state index contributed by atoms with van der Waals surface area (Å²) in [6.07, 6.45) is 2.90. The van der Waals surface area contributed by atoms with Crippen molar-refractivity contribution in [1.82, 2.24) is 0 Å². The van der Waals surface area contributed by atoms with Crippen LogP contribution in [0.2, 0.25) is 5.04 Å². The number of rotatable bonds is 8. The summed E-state index contributed by atoms with van der Waals surface area (Å²) in [5.74, 6) is 0.786. The van der Waals surface area contributed by atoms with Crippen LogP contribution in [-0.4, -0.2) is 58.2 Å². The number of ether oxygens (including phenoxy) is 4. The highest BCUT2D eigenvalue weighted by atomic mass is 28.4. The van der Waals surface area contributed by atoms with Crippen LogP contribution >= 0.6 is 0 Å². The van der Waals surface area contributed by atoms with Gasteiger partial charge in [0.25, 0.3) is 8.32 Å². The molecule has 0 aromatic heterocycles. The molecule has 0 saturated carbocycles. The highest BCUT2D eigenvalue weighted by molar-refractivity contribution is 6.99. The Kier molecular flexibility index (Phi) is 9.44. The van der Waals surface area contributed by atoms with Gasteiger partial charge >= 0.3 is 0 Å². The van der Waals surface area contributed by atoms with Crippen molar-refractivity contribution in [2.75, 3.05) is 20.3 Å². The molecule has 6 nitrogen and oxygen atoms in total. The number of fused-ring (bicyclic) bond motifs is 1. The lowest BCUT2D eigenvalue weighted by molar-refractivity contribution is -0.267. The largest absolute Gasteiger partial charge is 0.497 e. The maximum atomic E-state index is 11.1. The lowest BCUT2D eigenvalue weighted by Gasteiger charge is -2.43. The van der Waals surface area contributed by atoms with E-state index in [9.17, 15) is 5.11 Å². The fraction of sp³-hybridized carbons (Fsp3) is 0.412. The van der Waals surface area contributed by atoms with Crippen LogP contribution < -0.4 is 15.1 Å². The Labute approximate surface area is 245 Å². The zero-order valence-corrected chi connectivity index (χ0v) is 25.4. The number of hydrogen-bond acceptors (Lipinski definition) is 6. The molecule has 3 aromatic carbocycles. The van der Waals surface area contributed by atoms with Gasteiger partial charge in [-0.05, 0) is 40.4 Å². The normalized spacial score (nSPS) is 25.9. The van der Waals surface area contributed by atoms with E-state index in [1.54, 1.807) is 7.11 Å². The van der Waals surface area contributed by atoms with Gasteiger partial charge in [0.15, 0.2) is 6.29 Å². The second kappa shape index (κ2) is 13.0. The fourth-order valence-electron chi connectivity index (χ4n) is 5.94. The van der Waals surface area contributed by atoms with Crippen LogP contribution in [0.4, 0.5) is 0 Å². The quantitative estimate of drug-likeness (QED) is 0.297. The van der Waals surface area contributed by atoms with Crippen molar-refractivity contribution >= 4 is 18.7 Å². The Morgan fingerprint density at radius 2 is 1.51 bits per heavy atom. The van der Waals surface area contributed by atoms with Crippen LogP contribution in [0.1, 0.15) is 45.5 Å². The van der Waals surface area contributed by atoms with E-state index in [-0.39, 0.29) is 17.2 Å². The SMILES string of the molecule is COc1ccc([C@@H]2OC[C@H]3O[C@@H](CCO[Si](c4ccccc4)(c4ccccc4)C(C)(C)C)[C@H](O)C/C=C\[C@@H]3O2)cc1. The Morgan fingerprint density at radius 3 is 2.10 bits per heavy atom. The summed E-state index contributed by atoms with van der Waals surface area (Å²) in [5.41, 5.74) is 0.926. The molecule has 0 amide bonds. The van der Waals surface area contributed by atoms with E-state index in [4.69, 9.17) is 23.4 Å². The summed E-state index contributed by atoms with van der Waals surface area (Å²) in [6.45, 7) is 7.64. The number of benzene rings is 3. The molecule has 5 atom stereocenters. The van der Waals surface area contributed by atoms with E-state index in [2.05, 4.69) is 69.3 Å². The summed E-state index contributed by atoms with van der Waals surface area (Å²) in [4.78, 5) is 0. The summed E-state index contributed by atoms with van der Waals surface area (Å²) >= 11 is 0. The third-order valence-electron chi connectivity index (χ3n) is 8.07. The van der Waals surface area contributed by atoms with Gasteiger partial charge in [-0.3, -0.25) is 0 Å². The second-order valence-corrected chi connectivity index (χ2v) is 16.1. The predicted octanol–water partition coefficient (Wildman–Crippen LogP) is 5.15. The molecule has 1 saturated heterocycles. The molecular formula is C34H42O6Si. The molecule has 218 valence electrons. The molecule has 2 heterocycles. The molecule has 0 aliphatic carbocycles. The molecule has 1 fully saturated rings. The van der Waals surface area contributed by atoms with Crippen molar-refractivity contribution in [3.63, 3.8) is 0 Å². The van der Waals surface area contributed by atoms with Crippen molar-refractivity contribution in [2.24, 2.45) is 0 Å². The van der Waals surface area contributed by atoms with E-state index >= 15 is 0 Å². The first-order valence-electron chi connectivity index (χ1n) is 14.5. The predicted molar refractivity (Wildman–Crippen MR) is 163 cm³/mol. The molecule has 0 spiro atoms. The van der Waals surface area contributed by atoms with Gasteiger partial charge in [0.05, 0.1) is 25.9 Å². The third kappa shape index (κ3) is 6.51. The van der Waals surface area contributed by atoms with Gasteiger partial charge in [0.1, 0.15) is 18.0 Å². The lowest BCUT2D eigenvalue weighted by Crippen LogP contribution is -2.66. The Bertz CT molecular complexity index is 1220. The molecule has 7 heteroatoms. The van der Waals surface area contributed by atoms with Crippen molar-refractivity contribution in [3.8, 4) is 5.75 Å². The minimum atomic E-state index is -2.68. The lowest BCUT2D eigenvalue weighted by atomic mass is 10.0. The van der Waals surface area contributed by atoms with Gasteiger partial charge in [-0.2, -0.15) is 0 Å². The summed E-state index contributed by atoms with van der Waals surface area (Å²) < 4.78 is 31.2. The first kappa shape index (κ1) is 29.7. The zero-order valence-electron chi connectivity index (χ0n) is 24.4. The number of hydrogen-bond donors (Lipinski definition) is 1. The van der Waals surface area contributed by atoms with Gasteiger partial charge in [0.2, 0.25) is 0 Å². The van der Waals surface area contributed by atoms with Gasteiger partial charge in [0, 0.05) is 12.2 Å². The molecule has 0 bridgehead atoms. The molecule has 0 radical (unpaired) electrons. The van der Waals surface area contributed by atoms with Crippen LogP contribution in [0.3, 0.4) is 0 Å². The first-order chi connectivity index (χ1) is 19.8. The first-order valence-corrected chi connectivity index (χ1v) is 16.4. The van der Waals surface area contributed by atoms with Gasteiger partial charge in [-0.1, -0.05) is 106 Å². The van der Waals surface area contributed by atoms with E-state index < -0.39 is 26.8 Å². The van der Waals surface area contributed by atoms with Crippen molar-refractivity contribution in [2.45, 2.75) is 69.4 Å². The summed E-state index contributed by atoms with van der Waals surface area (Å²) in [5, 5.41) is 13.4. The number of methoxy groups -OCH3 is 1. The number of aliphatic hydroxyl groups is 1. The van der Waals surface area contributed by atoms with Gasteiger partial charge < -0.3 is 28.5 Å². The maximum absolute atomic E-state index is 11.1. The van der Waals surface area contributed by atoms with Crippen LogP contribution in [-0.2, 0) is 18.6 Å². The molecule has 5 rings (SSSR count). The van der Waals surface area contributed by atoms with Gasteiger partial charge in [-0.25, -0.2) is 0 Å². The zero-order chi connectivity index (χ0) is 28.9. The maximum Gasteiger partial charge on any atom is 0.261 e. The van der Waals surface area contributed by atoms with Crippen molar-refractivity contribution < 1.29 is 28.5 Å². The minimum absolute atomic E-state index is 0.120. The average molecular weight is 575 g/mol. The highest BCUT2D eigenvalue weighted by Gasteiger charge is 2.50. The molecule has 3 aromatic rings. The Morgan fingerprint density at radius 1 is 0.878 bits per heavy atom. The topological polar surface area (TPSA) is 66.4 Å². The van der Waals surface area contributed by atoms with Crippen molar-refractivity contribution in [3.05, 3.63) is 103 Å². The average Bonchev–Trinajstić information content (AvgIpc) is 2.98. The van der Waals surface area contributed by atoms with E-state index in [1.807, 2.05) is 48.6 Å². The Hall–Kier alpha value is -2.78. The molecule has 41 heavy (non-hydrogen) atoms. The monoisotopic (exact) mass is 574 g/mol. The Balaban J connectivity index is 1.31.